The highest BCUT2D eigenvalue weighted by atomic mass is 16.3. The Morgan fingerprint density at radius 2 is 2.15 bits per heavy atom. The van der Waals surface area contributed by atoms with E-state index in [0.717, 1.165) is 12.1 Å². The lowest BCUT2D eigenvalue weighted by atomic mass is 10.0. The minimum Gasteiger partial charge on any atom is -0.395 e. The van der Waals surface area contributed by atoms with Crippen LogP contribution in [-0.4, -0.2) is 18.3 Å². The zero-order valence-electron chi connectivity index (χ0n) is 8.30. The highest BCUT2D eigenvalue weighted by Gasteiger charge is 2.00. The zero-order chi connectivity index (χ0) is 9.68. The smallest absolute Gasteiger partial charge is 0.0604 e. The first kappa shape index (κ1) is 10.1. The molecule has 0 atom stereocenters. The van der Waals surface area contributed by atoms with Crippen molar-refractivity contribution in [2.45, 2.75) is 20.3 Å². The first-order chi connectivity index (χ1) is 6.29. The molecule has 0 aliphatic heterocycles. The fourth-order valence-corrected chi connectivity index (χ4v) is 1.45. The van der Waals surface area contributed by atoms with E-state index in [1.165, 1.54) is 11.1 Å². The van der Waals surface area contributed by atoms with Gasteiger partial charge in [-0.3, -0.25) is 0 Å². The van der Waals surface area contributed by atoms with E-state index in [0.29, 0.717) is 6.54 Å². The summed E-state index contributed by atoms with van der Waals surface area (Å²) in [6, 6.07) is 6.23. The van der Waals surface area contributed by atoms with Crippen molar-refractivity contribution < 1.29 is 5.11 Å². The molecule has 2 nitrogen and oxygen atoms in total. The van der Waals surface area contributed by atoms with Crippen molar-refractivity contribution in [2.24, 2.45) is 0 Å². The summed E-state index contributed by atoms with van der Waals surface area (Å²) in [5, 5.41) is 11.9. The Balaban J connectivity index is 2.81. The molecule has 0 aliphatic rings. The summed E-state index contributed by atoms with van der Waals surface area (Å²) < 4.78 is 0. The standard InChI is InChI=1S/C11H17NO/c1-3-10-5-4-6-11(9(10)2)12-7-8-13/h4-6,12-13H,3,7-8H2,1-2H3. The lowest BCUT2D eigenvalue weighted by Crippen LogP contribution is -2.07. The topological polar surface area (TPSA) is 32.3 Å². The molecule has 1 aromatic carbocycles. The quantitative estimate of drug-likeness (QED) is 0.740. The number of hydrogen-bond acceptors (Lipinski definition) is 2. The predicted molar refractivity (Wildman–Crippen MR) is 56.1 cm³/mol. The molecule has 0 aromatic heterocycles. The molecule has 1 aromatic rings. The number of aliphatic hydroxyl groups excluding tert-OH is 1. The van der Waals surface area contributed by atoms with Crippen LogP contribution in [-0.2, 0) is 6.42 Å². The molecule has 2 N–H and O–H groups in total. The van der Waals surface area contributed by atoms with Gasteiger partial charge < -0.3 is 10.4 Å². The second-order valence-corrected chi connectivity index (χ2v) is 3.09. The van der Waals surface area contributed by atoms with E-state index in [9.17, 15) is 0 Å². The van der Waals surface area contributed by atoms with E-state index in [1.54, 1.807) is 0 Å². The number of aryl methyl sites for hydroxylation is 1. The Morgan fingerprint density at radius 1 is 1.38 bits per heavy atom. The van der Waals surface area contributed by atoms with Crippen molar-refractivity contribution in [3.8, 4) is 0 Å². The first-order valence-electron chi connectivity index (χ1n) is 4.72. The van der Waals surface area contributed by atoms with Gasteiger partial charge in [-0.25, -0.2) is 0 Å². The molecule has 0 aliphatic carbocycles. The Labute approximate surface area is 79.6 Å². The van der Waals surface area contributed by atoms with Crippen molar-refractivity contribution in [3.63, 3.8) is 0 Å². The van der Waals surface area contributed by atoms with Crippen LogP contribution in [0.2, 0.25) is 0 Å². The van der Waals surface area contributed by atoms with E-state index in [2.05, 4.69) is 25.2 Å². The lowest BCUT2D eigenvalue weighted by molar-refractivity contribution is 0.311. The van der Waals surface area contributed by atoms with Gasteiger partial charge in [-0.15, -0.1) is 0 Å². The normalized spacial score (nSPS) is 10.1. The Hall–Kier alpha value is -1.02. The number of rotatable bonds is 4. The number of aliphatic hydroxyl groups is 1. The Bertz CT molecular complexity index is 271. The zero-order valence-corrected chi connectivity index (χ0v) is 8.30. The summed E-state index contributed by atoms with van der Waals surface area (Å²) in [6.45, 7) is 5.06. The van der Waals surface area contributed by atoms with Gasteiger partial charge in [0.15, 0.2) is 0 Å². The highest BCUT2D eigenvalue weighted by molar-refractivity contribution is 5.53. The van der Waals surface area contributed by atoms with Crippen LogP contribution in [0.1, 0.15) is 18.1 Å². The van der Waals surface area contributed by atoms with Gasteiger partial charge >= 0.3 is 0 Å². The van der Waals surface area contributed by atoms with Crippen LogP contribution in [0.4, 0.5) is 5.69 Å². The van der Waals surface area contributed by atoms with E-state index in [1.807, 2.05) is 12.1 Å². The van der Waals surface area contributed by atoms with Gasteiger partial charge in [-0.05, 0) is 30.5 Å². The van der Waals surface area contributed by atoms with Crippen LogP contribution in [0.25, 0.3) is 0 Å². The molecular weight excluding hydrogens is 162 g/mol. The molecule has 0 saturated carbocycles. The number of hydrogen-bond donors (Lipinski definition) is 2. The van der Waals surface area contributed by atoms with Crippen LogP contribution in [0.15, 0.2) is 18.2 Å². The van der Waals surface area contributed by atoms with E-state index in [-0.39, 0.29) is 6.61 Å². The van der Waals surface area contributed by atoms with Gasteiger partial charge in [-0.1, -0.05) is 19.1 Å². The second kappa shape index (κ2) is 4.87. The third kappa shape index (κ3) is 2.46. The Morgan fingerprint density at radius 3 is 2.77 bits per heavy atom. The van der Waals surface area contributed by atoms with Crippen molar-refractivity contribution >= 4 is 5.69 Å². The van der Waals surface area contributed by atoms with Crippen LogP contribution in [0.5, 0.6) is 0 Å². The van der Waals surface area contributed by atoms with Crippen molar-refractivity contribution in [1.82, 2.24) is 0 Å². The molecule has 2 heteroatoms. The summed E-state index contributed by atoms with van der Waals surface area (Å²) in [5.74, 6) is 0. The summed E-state index contributed by atoms with van der Waals surface area (Å²) in [4.78, 5) is 0. The van der Waals surface area contributed by atoms with Gasteiger partial charge in [0.2, 0.25) is 0 Å². The van der Waals surface area contributed by atoms with Gasteiger partial charge in [0.05, 0.1) is 6.61 Å². The number of anilines is 1. The fraction of sp³-hybridized carbons (Fsp3) is 0.455. The van der Waals surface area contributed by atoms with Crippen molar-refractivity contribution in [2.75, 3.05) is 18.5 Å². The van der Waals surface area contributed by atoms with Crippen LogP contribution < -0.4 is 5.32 Å². The fourth-order valence-electron chi connectivity index (χ4n) is 1.45. The van der Waals surface area contributed by atoms with Gasteiger partial charge in [0.1, 0.15) is 0 Å². The molecule has 0 radical (unpaired) electrons. The predicted octanol–water partition coefficient (Wildman–Crippen LogP) is 1.96. The molecule has 0 bridgehead atoms. The minimum absolute atomic E-state index is 0.176. The van der Waals surface area contributed by atoms with Gasteiger partial charge in [0.25, 0.3) is 0 Å². The maximum absolute atomic E-state index is 8.68. The minimum atomic E-state index is 0.176. The molecule has 0 spiro atoms. The summed E-state index contributed by atoms with van der Waals surface area (Å²) in [6.07, 6.45) is 1.06. The van der Waals surface area contributed by atoms with Crippen molar-refractivity contribution in [3.05, 3.63) is 29.3 Å². The summed E-state index contributed by atoms with van der Waals surface area (Å²) in [5.41, 5.74) is 3.79. The van der Waals surface area contributed by atoms with Crippen LogP contribution >= 0.6 is 0 Å². The molecule has 0 fully saturated rings. The van der Waals surface area contributed by atoms with Crippen LogP contribution in [0.3, 0.4) is 0 Å². The summed E-state index contributed by atoms with van der Waals surface area (Å²) >= 11 is 0. The maximum atomic E-state index is 8.68. The van der Waals surface area contributed by atoms with E-state index < -0.39 is 0 Å². The third-order valence-electron chi connectivity index (χ3n) is 2.25. The van der Waals surface area contributed by atoms with E-state index >= 15 is 0 Å². The third-order valence-corrected chi connectivity index (χ3v) is 2.25. The molecular formula is C11H17NO. The molecule has 0 saturated heterocycles. The largest absolute Gasteiger partial charge is 0.395 e. The molecule has 0 unspecified atom stereocenters. The highest BCUT2D eigenvalue weighted by Crippen LogP contribution is 2.18. The maximum Gasteiger partial charge on any atom is 0.0604 e. The Kier molecular flexibility index (Phi) is 3.77. The average molecular weight is 179 g/mol. The number of nitrogens with one attached hydrogen (secondary N) is 1. The second-order valence-electron chi connectivity index (χ2n) is 3.09. The SMILES string of the molecule is CCc1cccc(NCCO)c1C. The number of benzene rings is 1. The molecule has 13 heavy (non-hydrogen) atoms. The molecule has 1 rings (SSSR count). The van der Waals surface area contributed by atoms with Gasteiger partial charge in [-0.2, -0.15) is 0 Å². The van der Waals surface area contributed by atoms with E-state index in [4.69, 9.17) is 5.11 Å². The lowest BCUT2D eigenvalue weighted by Gasteiger charge is -2.11. The van der Waals surface area contributed by atoms with Crippen molar-refractivity contribution in [1.29, 1.82) is 0 Å². The van der Waals surface area contributed by atoms with Crippen LogP contribution in [0, 0.1) is 6.92 Å². The van der Waals surface area contributed by atoms with Gasteiger partial charge in [0, 0.05) is 12.2 Å². The molecule has 0 heterocycles. The molecule has 0 amide bonds. The first-order valence-corrected chi connectivity index (χ1v) is 4.72. The average Bonchev–Trinajstić information content (AvgIpc) is 2.16. The monoisotopic (exact) mass is 179 g/mol. The summed E-state index contributed by atoms with van der Waals surface area (Å²) in [7, 11) is 0. The molecule has 72 valence electrons.